The van der Waals surface area contributed by atoms with Crippen LogP contribution in [0.2, 0.25) is 0 Å². The Kier molecular flexibility index (Phi) is 2.25. The summed E-state index contributed by atoms with van der Waals surface area (Å²) in [5.74, 6) is 0. The Morgan fingerprint density at radius 3 is 2.93 bits per heavy atom. The molecule has 1 aliphatic heterocycles. The third kappa shape index (κ3) is 1.63. The highest BCUT2D eigenvalue weighted by Crippen LogP contribution is 2.05. The van der Waals surface area contributed by atoms with Crippen LogP contribution in [-0.2, 0) is 13.1 Å². The van der Waals surface area contributed by atoms with Gasteiger partial charge in [-0.15, -0.1) is 0 Å². The largest absolute Gasteiger partial charge is 0.328 e. The van der Waals surface area contributed by atoms with Gasteiger partial charge in [-0.2, -0.15) is 0 Å². The summed E-state index contributed by atoms with van der Waals surface area (Å²) < 4.78 is 1.64. The van der Waals surface area contributed by atoms with Crippen molar-refractivity contribution in [2.75, 3.05) is 13.6 Å². The zero-order valence-corrected chi connectivity index (χ0v) is 8.12. The number of nitrogens with one attached hydrogen (secondary N) is 1. The van der Waals surface area contributed by atoms with Crippen molar-refractivity contribution in [1.82, 2.24) is 14.5 Å². The number of aromatic amines is 1. The number of aromatic nitrogens is 2. The van der Waals surface area contributed by atoms with E-state index in [1.54, 1.807) is 4.57 Å². The zero-order valence-electron chi connectivity index (χ0n) is 8.12. The Labute approximate surface area is 81.0 Å². The minimum Gasteiger partial charge on any atom is -0.301 e. The van der Waals surface area contributed by atoms with Crippen LogP contribution in [0.25, 0.3) is 0 Å². The molecule has 0 atom stereocenters. The molecule has 76 valence electrons. The van der Waals surface area contributed by atoms with Crippen molar-refractivity contribution >= 4 is 0 Å². The Morgan fingerprint density at radius 2 is 2.14 bits per heavy atom. The molecular formula is C9H13N3O2. The van der Waals surface area contributed by atoms with Gasteiger partial charge < -0.3 is 4.90 Å². The number of fused-ring (bicyclic) bond motifs is 1. The quantitative estimate of drug-likeness (QED) is 0.599. The molecule has 14 heavy (non-hydrogen) atoms. The molecule has 1 aliphatic rings. The average Bonchev–Trinajstić information content (AvgIpc) is 2.25. The maximum absolute atomic E-state index is 11.4. The minimum atomic E-state index is -0.309. The van der Waals surface area contributed by atoms with Crippen LogP contribution in [0.1, 0.15) is 12.1 Å². The van der Waals surface area contributed by atoms with Gasteiger partial charge in [0, 0.05) is 24.8 Å². The molecule has 0 aromatic carbocycles. The molecule has 0 fully saturated rings. The van der Waals surface area contributed by atoms with E-state index in [0.29, 0.717) is 13.1 Å². The number of rotatable bonds is 0. The molecular weight excluding hydrogens is 182 g/mol. The van der Waals surface area contributed by atoms with Gasteiger partial charge in [-0.05, 0) is 20.0 Å². The fraction of sp³-hybridized carbons (Fsp3) is 0.556. The lowest BCUT2D eigenvalue weighted by Gasteiger charge is -2.12. The van der Waals surface area contributed by atoms with Crippen molar-refractivity contribution in [3.05, 3.63) is 32.6 Å². The van der Waals surface area contributed by atoms with E-state index in [2.05, 4.69) is 9.88 Å². The summed E-state index contributed by atoms with van der Waals surface area (Å²) in [5, 5.41) is 0. The van der Waals surface area contributed by atoms with Crippen molar-refractivity contribution in [3.8, 4) is 0 Å². The summed E-state index contributed by atoms with van der Waals surface area (Å²) in [5.41, 5.74) is 0.207. The van der Waals surface area contributed by atoms with E-state index in [0.717, 1.165) is 18.7 Å². The summed E-state index contributed by atoms with van der Waals surface area (Å²) in [4.78, 5) is 26.9. The highest BCUT2D eigenvalue weighted by atomic mass is 16.2. The van der Waals surface area contributed by atoms with E-state index in [1.807, 2.05) is 7.05 Å². The van der Waals surface area contributed by atoms with Crippen LogP contribution in [0, 0.1) is 0 Å². The van der Waals surface area contributed by atoms with E-state index < -0.39 is 0 Å². The first-order valence-corrected chi connectivity index (χ1v) is 4.68. The molecule has 0 saturated carbocycles. The van der Waals surface area contributed by atoms with Gasteiger partial charge in [-0.3, -0.25) is 14.3 Å². The Hall–Kier alpha value is -1.36. The summed E-state index contributed by atoms with van der Waals surface area (Å²) in [6, 6.07) is 1.50. The summed E-state index contributed by atoms with van der Waals surface area (Å²) in [6.45, 7) is 2.31. The van der Waals surface area contributed by atoms with Gasteiger partial charge >= 0.3 is 5.69 Å². The minimum absolute atomic E-state index is 0.289. The first-order valence-electron chi connectivity index (χ1n) is 4.68. The van der Waals surface area contributed by atoms with Crippen LogP contribution in [0.3, 0.4) is 0 Å². The molecule has 0 bridgehead atoms. The van der Waals surface area contributed by atoms with Gasteiger partial charge in [0.15, 0.2) is 0 Å². The molecule has 5 heteroatoms. The van der Waals surface area contributed by atoms with Gasteiger partial charge in [-0.25, -0.2) is 4.79 Å². The van der Waals surface area contributed by atoms with Gasteiger partial charge in [0.05, 0.1) is 0 Å². The van der Waals surface area contributed by atoms with Gasteiger partial charge in [0.25, 0.3) is 5.56 Å². The van der Waals surface area contributed by atoms with Crippen molar-refractivity contribution in [2.45, 2.75) is 19.5 Å². The number of hydrogen-bond donors (Lipinski definition) is 1. The topological polar surface area (TPSA) is 58.1 Å². The van der Waals surface area contributed by atoms with Crippen LogP contribution in [0.15, 0.2) is 15.7 Å². The molecule has 0 unspecified atom stereocenters. The summed E-state index contributed by atoms with van der Waals surface area (Å²) >= 11 is 0. The fourth-order valence-corrected chi connectivity index (χ4v) is 1.80. The maximum atomic E-state index is 11.4. The molecule has 1 N–H and O–H groups in total. The lowest BCUT2D eigenvalue weighted by Crippen LogP contribution is -2.32. The third-order valence-electron chi connectivity index (χ3n) is 2.47. The van der Waals surface area contributed by atoms with Crippen LogP contribution < -0.4 is 11.2 Å². The van der Waals surface area contributed by atoms with Crippen LogP contribution >= 0.6 is 0 Å². The van der Waals surface area contributed by atoms with E-state index in [1.165, 1.54) is 6.07 Å². The molecule has 2 rings (SSSR count). The van der Waals surface area contributed by atoms with Crippen molar-refractivity contribution in [1.29, 1.82) is 0 Å². The predicted octanol–water partition coefficient (Wildman–Crippen LogP) is -0.628. The monoisotopic (exact) mass is 195 g/mol. The Morgan fingerprint density at radius 1 is 1.36 bits per heavy atom. The van der Waals surface area contributed by atoms with Gasteiger partial charge in [0.2, 0.25) is 0 Å². The highest BCUT2D eigenvalue weighted by molar-refractivity contribution is 5.02. The summed E-state index contributed by atoms with van der Waals surface area (Å²) in [7, 11) is 1.99. The smallest absolute Gasteiger partial charge is 0.301 e. The van der Waals surface area contributed by atoms with Crippen molar-refractivity contribution < 1.29 is 0 Å². The lowest BCUT2D eigenvalue weighted by molar-refractivity contribution is 0.332. The normalized spacial score (nSPS) is 17.5. The number of H-pyrrole nitrogens is 1. The Balaban J connectivity index is 2.56. The second-order valence-corrected chi connectivity index (χ2v) is 3.67. The molecule has 1 aromatic heterocycles. The molecule has 0 radical (unpaired) electrons. The second-order valence-electron chi connectivity index (χ2n) is 3.67. The first-order chi connectivity index (χ1) is 6.66. The molecule has 0 aliphatic carbocycles. The number of hydrogen-bond acceptors (Lipinski definition) is 3. The molecule has 1 aromatic rings. The van der Waals surface area contributed by atoms with E-state index in [4.69, 9.17) is 0 Å². The predicted molar refractivity (Wildman–Crippen MR) is 52.3 cm³/mol. The Bertz CT molecular complexity index is 446. The van der Waals surface area contributed by atoms with Gasteiger partial charge in [-0.1, -0.05) is 0 Å². The number of nitrogens with zero attached hydrogens (tertiary/aromatic N) is 2. The molecule has 0 spiro atoms. The van der Waals surface area contributed by atoms with Gasteiger partial charge in [0.1, 0.15) is 0 Å². The lowest BCUT2D eigenvalue weighted by atomic mass is 10.4. The summed E-state index contributed by atoms with van der Waals surface area (Å²) in [6.07, 6.45) is 0.940. The molecule has 5 nitrogen and oxygen atoms in total. The maximum Gasteiger partial charge on any atom is 0.328 e. The SMILES string of the molecule is CN1CCCn2c(cc(=O)[nH]c2=O)C1. The highest BCUT2D eigenvalue weighted by Gasteiger charge is 2.12. The first kappa shape index (κ1) is 9.21. The average molecular weight is 195 g/mol. The van der Waals surface area contributed by atoms with Crippen LogP contribution in [-0.4, -0.2) is 28.0 Å². The van der Waals surface area contributed by atoms with Crippen molar-refractivity contribution in [3.63, 3.8) is 0 Å². The van der Waals surface area contributed by atoms with Crippen LogP contribution in [0.4, 0.5) is 0 Å². The van der Waals surface area contributed by atoms with Crippen molar-refractivity contribution in [2.24, 2.45) is 0 Å². The van der Waals surface area contributed by atoms with E-state index in [9.17, 15) is 9.59 Å². The standard InChI is InChI=1S/C9H13N3O2/c1-11-3-2-4-12-7(6-11)5-8(13)10-9(12)14/h5H,2-4,6H2,1H3,(H,10,13,14). The third-order valence-corrected chi connectivity index (χ3v) is 2.47. The fourth-order valence-electron chi connectivity index (χ4n) is 1.80. The van der Waals surface area contributed by atoms with Crippen LogP contribution in [0.5, 0.6) is 0 Å². The second kappa shape index (κ2) is 3.42. The zero-order chi connectivity index (χ0) is 10.1. The van der Waals surface area contributed by atoms with E-state index >= 15 is 0 Å². The molecule has 0 saturated heterocycles. The molecule has 2 heterocycles. The van der Waals surface area contributed by atoms with E-state index in [-0.39, 0.29) is 11.2 Å². The molecule has 0 amide bonds.